The summed E-state index contributed by atoms with van der Waals surface area (Å²) in [4.78, 5) is 17.4. The van der Waals surface area contributed by atoms with Crippen molar-refractivity contribution in [3.8, 4) is 0 Å². The topological polar surface area (TPSA) is 83.6 Å². The summed E-state index contributed by atoms with van der Waals surface area (Å²) in [5, 5.41) is -1.31. The Morgan fingerprint density at radius 1 is 1.36 bits per heavy atom. The van der Waals surface area contributed by atoms with Crippen LogP contribution in [0.1, 0.15) is 26.7 Å². The summed E-state index contributed by atoms with van der Waals surface area (Å²) in [7, 11) is -4.11. The highest BCUT2D eigenvalue weighted by atomic mass is 35.5. The fourth-order valence-electron chi connectivity index (χ4n) is 0.662. The third kappa shape index (κ3) is 3.09. The predicted molar refractivity (Wildman–Crippen MR) is 46.8 cm³/mol. The number of rotatable bonds is 3. The zero-order valence-electron chi connectivity index (χ0n) is 6.65. The Balaban J connectivity index is 0. The summed E-state index contributed by atoms with van der Waals surface area (Å²) in [6.45, 7) is 3.34. The van der Waals surface area contributed by atoms with Gasteiger partial charge in [0, 0.05) is 0 Å². The molecule has 4 N–H and O–H groups in total. The van der Waals surface area contributed by atoms with Crippen LogP contribution in [0, 0.1) is 0 Å². The molecular formula is C5H15ClNO3P. The average molecular weight is 204 g/mol. The molecule has 0 aromatic carbocycles. The first-order valence-corrected chi connectivity index (χ1v) is 4.83. The van der Waals surface area contributed by atoms with Crippen LogP contribution in [0.3, 0.4) is 0 Å². The lowest BCUT2D eigenvalue weighted by atomic mass is 10.2. The van der Waals surface area contributed by atoms with E-state index in [-0.39, 0.29) is 12.4 Å². The largest absolute Gasteiger partial charge is 0.345 e. The van der Waals surface area contributed by atoms with Crippen molar-refractivity contribution in [3.63, 3.8) is 0 Å². The first-order chi connectivity index (χ1) is 4.37. The van der Waals surface area contributed by atoms with Gasteiger partial charge in [-0.25, -0.2) is 0 Å². The second kappa shape index (κ2) is 4.43. The van der Waals surface area contributed by atoms with Gasteiger partial charge in [-0.05, 0) is 12.8 Å². The molecule has 0 spiro atoms. The summed E-state index contributed by atoms with van der Waals surface area (Å²) in [6, 6.07) is 0. The lowest BCUT2D eigenvalue weighted by molar-refractivity contribution is 0.316. The van der Waals surface area contributed by atoms with E-state index in [0.717, 1.165) is 0 Å². The molecule has 0 rings (SSSR count). The van der Waals surface area contributed by atoms with Crippen LogP contribution in [0.2, 0.25) is 0 Å². The van der Waals surface area contributed by atoms with Gasteiger partial charge in [-0.3, -0.25) is 4.57 Å². The monoisotopic (exact) mass is 203 g/mol. The van der Waals surface area contributed by atoms with Gasteiger partial charge >= 0.3 is 7.60 Å². The second-order valence-corrected chi connectivity index (χ2v) is 4.33. The maximum absolute atomic E-state index is 10.7. The van der Waals surface area contributed by atoms with E-state index in [1.807, 2.05) is 0 Å². The molecule has 0 unspecified atom stereocenters. The average Bonchev–Trinajstić information content (AvgIpc) is 1.84. The van der Waals surface area contributed by atoms with Crippen molar-refractivity contribution >= 4 is 20.0 Å². The Kier molecular flexibility index (Phi) is 5.62. The van der Waals surface area contributed by atoms with Gasteiger partial charge < -0.3 is 15.5 Å². The van der Waals surface area contributed by atoms with Crippen LogP contribution in [0.15, 0.2) is 0 Å². The number of hydrogen-bond donors (Lipinski definition) is 3. The highest BCUT2D eigenvalue weighted by Crippen LogP contribution is 2.50. The molecule has 0 amide bonds. The molecule has 70 valence electrons. The molecule has 0 heterocycles. The lowest BCUT2D eigenvalue weighted by Crippen LogP contribution is -2.37. The molecule has 6 heteroatoms. The maximum Gasteiger partial charge on any atom is 0.345 e. The molecule has 0 saturated carbocycles. The van der Waals surface area contributed by atoms with E-state index >= 15 is 0 Å². The Labute approximate surface area is 72.7 Å². The van der Waals surface area contributed by atoms with Crippen molar-refractivity contribution in [2.45, 2.75) is 32.0 Å². The van der Waals surface area contributed by atoms with Crippen LogP contribution in [0.25, 0.3) is 0 Å². The van der Waals surface area contributed by atoms with Crippen LogP contribution in [-0.4, -0.2) is 15.1 Å². The van der Waals surface area contributed by atoms with E-state index in [0.29, 0.717) is 12.8 Å². The molecule has 11 heavy (non-hydrogen) atoms. The minimum absolute atomic E-state index is 0. The minimum Gasteiger partial charge on any atom is -0.323 e. The summed E-state index contributed by atoms with van der Waals surface area (Å²) in [5.41, 5.74) is 5.41. The Hall–Kier alpha value is 0.400. The van der Waals surface area contributed by atoms with Gasteiger partial charge in [-0.2, -0.15) is 0 Å². The molecule has 0 saturated heterocycles. The molecule has 0 radical (unpaired) electrons. The Morgan fingerprint density at radius 3 is 1.64 bits per heavy atom. The van der Waals surface area contributed by atoms with E-state index in [1.54, 1.807) is 13.8 Å². The number of hydrogen-bond acceptors (Lipinski definition) is 2. The van der Waals surface area contributed by atoms with E-state index in [9.17, 15) is 4.57 Å². The molecule has 0 aliphatic heterocycles. The van der Waals surface area contributed by atoms with Crippen molar-refractivity contribution in [2.24, 2.45) is 5.73 Å². The number of nitrogens with two attached hydrogens (primary N) is 1. The molecule has 0 bridgehead atoms. The summed E-state index contributed by atoms with van der Waals surface area (Å²) >= 11 is 0. The van der Waals surface area contributed by atoms with Crippen molar-refractivity contribution < 1.29 is 14.4 Å². The third-order valence-corrected chi connectivity index (χ3v) is 3.60. The van der Waals surface area contributed by atoms with Crippen molar-refractivity contribution in [3.05, 3.63) is 0 Å². The van der Waals surface area contributed by atoms with Crippen LogP contribution >= 0.6 is 20.0 Å². The van der Waals surface area contributed by atoms with Gasteiger partial charge in [-0.15, -0.1) is 12.4 Å². The number of halogens is 1. The highest BCUT2D eigenvalue weighted by molar-refractivity contribution is 7.53. The van der Waals surface area contributed by atoms with Crippen molar-refractivity contribution in [1.29, 1.82) is 0 Å². The van der Waals surface area contributed by atoms with Crippen LogP contribution in [-0.2, 0) is 4.57 Å². The molecule has 0 aromatic rings. The van der Waals surface area contributed by atoms with Gasteiger partial charge in [0.15, 0.2) is 0 Å². The smallest absolute Gasteiger partial charge is 0.323 e. The fraction of sp³-hybridized carbons (Fsp3) is 1.00. The second-order valence-electron chi connectivity index (χ2n) is 2.35. The molecule has 4 nitrogen and oxygen atoms in total. The maximum atomic E-state index is 10.7. The fourth-order valence-corrected chi connectivity index (χ4v) is 1.49. The molecule has 0 aromatic heterocycles. The zero-order valence-corrected chi connectivity index (χ0v) is 8.36. The van der Waals surface area contributed by atoms with Gasteiger partial charge in [0.2, 0.25) is 0 Å². The third-order valence-electron chi connectivity index (χ3n) is 1.80. The normalized spacial score (nSPS) is 12.5. The standard InChI is InChI=1S/C5H14NO3P.ClH/c1-3-5(6,4-2)10(7,8)9;/h3-4,6H2,1-2H3,(H2,7,8,9);1H. The van der Waals surface area contributed by atoms with Crippen molar-refractivity contribution in [2.75, 3.05) is 0 Å². The van der Waals surface area contributed by atoms with Crippen LogP contribution < -0.4 is 5.73 Å². The van der Waals surface area contributed by atoms with Gasteiger partial charge in [0.05, 0.1) is 0 Å². The quantitative estimate of drug-likeness (QED) is 0.599. The molecule has 0 aliphatic carbocycles. The predicted octanol–water partition coefficient (Wildman–Crippen LogP) is 1.06. The van der Waals surface area contributed by atoms with Gasteiger partial charge in [-0.1, -0.05) is 13.8 Å². The molecule has 0 fully saturated rings. The zero-order chi connectivity index (χ0) is 8.41. The van der Waals surface area contributed by atoms with E-state index in [1.165, 1.54) is 0 Å². The SMILES string of the molecule is CCC(N)(CC)P(=O)(O)O.Cl. The summed E-state index contributed by atoms with van der Waals surface area (Å²) in [6.07, 6.45) is 0.599. The van der Waals surface area contributed by atoms with Crippen LogP contribution in [0.5, 0.6) is 0 Å². The van der Waals surface area contributed by atoms with Gasteiger partial charge in [0.1, 0.15) is 5.28 Å². The van der Waals surface area contributed by atoms with Crippen LogP contribution in [0.4, 0.5) is 0 Å². The van der Waals surface area contributed by atoms with Crippen molar-refractivity contribution in [1.82, 2.24) is 0 Å². The molecular weight excluding hydrogens is 188 g/mol. The van der Waals surface area contributed by atoms with Gasteiger partial charge in [0.25, 0.3) is 0 Å². The Bertz CT molecular complexity index is 154. The van der Waals surface area contributed by atoms with E-state index in [4.69, 9.17) is 15.5 Å². The molecule has 0 aliphatic rings. The first kappa shape index (κ1) is 14.0. The first-order valence-electron chi connectivity index (χ1n) is 3.22. The summed E-state index contributed by atoms with van der Waals surface area (Å²) < 4.78 is 10.7. The highest BCUT2D eigenvalue weighted by Gasteiger charge is 2.39. The van der Waals surface area contributed by atoms with E-state index in [2.05, 4.69) is 0 Å². The summed E-state index contributed by atoms with van der Waals surface area (Å²) in [5.74, 6) is 0. The minimum atomic E-state index is -4.11. The van der Waals surface area contributed by atoms with E-state index < -0.39 is 12.9 Å². The lowest BCUT2D eigenvalue weighted by Gasteiger charge is -2.26. The molecule has 0 atom stereocenters. The Morgan fingerprint density at radius 2 is 1.64 bits per heavy atom.